The standard InChI is InChI=1S/C16H18F3NO3/c17-16(18,19)15(14(22)23)9-10-20(11-15)13(21)8-4-7-12-5-2-1-3-6-12/h1-3,5-6H,4,7-11H2,(H,22,23). The van der Waals surface area contributed by atoms with Gasteiger partial charge in [-0.15, -0.1) is 0 Å². The molecule has 0 aliphatic carbocycles. The Morgan fingerprint density at radius 2 is 1.87 bits per heavy atom. The molecule has 4 nitrogen and oxygen atoms in total. The fourth-order valence-corrected chi connectivity index (χ4v) is 2.80. The summed E-state index contributed by atoms with van der Waals surface area (Å²) in [6.07, 6.45) is -4.16. The molecule has 0 spiro atoms. The van der Waals surface area contributed by atoms with E-state index in [-0.39, 0.29) is 13.0 Å². The Bertz CT molecular complexity index is 574. The minimum absolute atomic E-state index is 0.114. The predicted molar refractivity (Wildman–Crippen MR) is 76.7 cm³/mol. The van der Waals surface area contributed by atoms with Gasteiger partial charge in [0.05, 0.1) is 0 Å². The molecule has 0 saturated carbocycles. The molecular formula is C16H18F3NO3. The molecule has 7 heteroatoms. The molecule has 1 aromatic carbocycles. The van der Waals surface area contributed by atoms with Crippen molar-refractivity contribution >= 4 is 11.9 Å². The highest BCUT2D eigenvalue weighted by atomic mass is 19.4. The van der Waals surface area contributed by atoms with E-state index in [4.69, 9.17) is 5.11 Å². The van der Waals surface area contributed by atoms with Crippen LogP contribution in [0, 0.1) is 5.41 Å². The van der Waals surface area contributed by atoms with Crippen LogP contribution in [0.1, 0.15) is 24.8 Å². The number of aryl methyl sites for hydroxylation is 1. The largest absolute Gasteiger partial charge is 0.481 e. The molecule has 1 aliphatic heterocycles. The summed E-state index contributed by atoms with van der Waals surface area (Å²) in [6.45, 7) is -0.966. The van der Waals surface area contributed by atoms with Crippen molar-refractivity contribution in [2.45, 2.75) is 31.9 Å². The fraction of sp³-hybridized carbons (Fsp3) is 0.500. The van der Waals surface area contributed by atoms with Crippen LogP contribution in [0.5, 0.6) is 0 Å². The smallest absolute Gasteiger partial charge is 0.406 e. The van der Waals surface area contributed by atoms with Crippen LogP contribution in [0.25, 0.3) is 0 Å². The molecule has 1 unspecified atom stereocenters. The number of hydrogen-bond acceptors (Lipinski definition) is 2. The molecule has 1 aliphatic rings. The van der Waals surface area contributed by atoms with E-state index < -0.39 is 36.4 Å². The van der Waals surface area contributed by atoms with Crippen molar-refractivity contribution in [1.29, 1.82) is 0 Å². The van der Waals surface area contributed by atoms with Crippen molar-refractivity contribution in [2.75, 3.05) is 13.1 Å². The summed E-state index contributed by atoms with van der Waals surface area (Å²) in [7, 11) is 0. The molecule has 1 heterocycles. The lowest BCUT2D eigenvalue weighted by atomic mass is 9.86. The first-order valence-electron chi connectivity index (χ1n) is 7.38. The molecule has 1 amide bonds. The summed E-state index contributed by atoms with van der Waals surface area (Å²) in [4.78, 5) is 24.1. The lowest BCUT2D eigenvalue weighted by molar-refractivity contribution is -0.227. The van der Waals surface area contributed by atoms with Gasteiger partial charge in [-0.25, -0.2) is 0 Å². The van der Waals surface area contributed by atoms with Gasteiger partial charge in [-0.2, -0.15) is 13.2 Å². The molecule has 0 bridgehead atoms. The van der Waals surface area contributed by atoms with Crippen LogP contribution in [-0.2, 0) is 16.0 Å². The minimum Gasteiger partial charge on any atom is -0.481 e. The Balaban J connectivity index is 1.90. The summed E-state index contributed by atoms with van der Waals surface area (Å²) in [6, 6.07) is 9.46. The van der Waals surface area contributed by atoms with E-state index >= 15 is 0 Å². The minimum atomic E-state index is -4.86. The topological polar surface area (TPSA) is 57.6 Å². The first kappa shape index (κ1) is 17.3. The maximum atomic E-state index is 13.1. The Hall–Kier alpha value is -2.05. The molecule has 0 aromatic heterocycles. The van der Waals surface area contributed by atoms with Gasteiger partial charge >= 0.3 is 12.1 Å². The Morgan fingerprint density at radius 3 is 2.39 bits per heavy atom. The number of alkyl halides is 3. The van der Waals surface area contributed by atoms with Gasteiger partial charge in [0.2, 0.25) is 5.91 Å². The summed E-state index contributed by atoms with van der Waals surface area (Å²) >= 11 is 0. The third kappa shape index (κ3) is 3.65. The lowest BCUT2D eigenvalue weighted by Gasteiger charge is -2.27. The number of carboxylic acids is 1. The van der Waals surface area contributed by atoms with Crippen LogP contribution in [0.4, 0.5) is 13.2 Å². The van der Waals surface area contributed by atoms with E-state index in [1.54, 1.807) is 0 Å². The lowest BCUT2D eigenvalue weighted by Crippen LogP contribution is -2.47. The summed E-state index contributed by atoms with van der Waals surface area (Å²) in [5.41, 5.74) is -1.78. The highest BCUT2D eigenvalue weighted by molar-refractivity contribution is 5.81. The Kier molecular flexibility index (Phi) is 4.97. The molecule has 1 fully saturated rings. The van der Waals surface area contributed by atoms with E-state index in [1.807, 2.05) is 30.3 Å². The zero-order valence-corrected chi connectivity index (χ0v) is 12.5. The first-order chi connectivity index (χ1) is 10.8. The molecule has 1 saturated heterocycles. The monoisotopic (exact) mass is 329 g/mol. The van der Waals surface area contributed by atoms with Crippen molar-refractivity contribution in [2.24, 2.45) is 5.41 Å². The van der Waals surface area contributed by atoms with Gasteiger partial charge in [0, 0.05) is 19.5 Å². The van der Waals surface area contributed by atoms with Crippen molar-refractivity contribution in [3.05, 3.63) is 35.9 Å². The summed E-state index contributed by atoms with van der Waals surface area (Å²) < 4.78 is 39.2. The second kappa shape index (κ2) is 6.60. The molecule has 1 aromatic rings. The SMILES string of the molecule is O=C(CCCc1ccccc1)N1CCC(C(=O)O)(C(F)(F)F)C1. The third-order valence-electron chi connectivity index (χ3n) is 4.27. The molecule has 1 atom stereocenters. The van der Waals surface area contributed by atoms with Crippen LogP contribution >= 0.6 is 0 Å². The number of nitrogens with zero attached hydrogens (tertiary/aromatic N) is 1. The number of rotatable bonds is 5. The molecule has 126 valence electrons. The molecule has 2 rings (SSSR count). The van der Waals surface area contributed by atoms with Gasteiger partial charge in [-0.3, -0.25) is 9.59 Å². The van der Waals surface area contributed by atoms with E-state index in [0.717, 1.165) is 10.5 Å². The highest BCUT2D eigenvalue weighted by Crippen LogP contribution is 2.45. The molecule has 1 N–H and O–H groups in total. The van der Waals surface area contributed by atoms with Gasteiger partial charge in [-0.1, -0.05) is 30.3 Å². The fourth-order valence-electron chi connectivity index (χ4n) is 2.80. The number of carbonyl (C=O) groups is 2. The number of carboxylic acid groups (broad SMARTS) is 1. The third-order valence-corrected chi connectivity index (χ3v) is 4.27. The number of aliphatic carboxylic acids is 1. The van der Waals surface area contributed by atoms with E-state index in [0.29, 0.717) is 12.8 Å². The molecular weight excluding hydrogens is 311 g/mol. The predicted octanol–water partition coefficient (Wildman–Crippen LogP) is 2.87. The first-order valence-corrected chi connectivity index (χ1v) is 7.38. The van der Waals surface area contributed by atoms with Crippen molar-refractivity contribution in [3.8, 4) is 0 Å². The molecule has 23 heavy (non-hydrogen) atoms. The van der Waals surface area contributed by atoms with Gasteiger partial charge in [0.1, 0.15) is 0 Å². The highest BCUT2D eigenvalue weighted by Gasteiger charge is 2.64. The number of halogens is 3. The normalized spacial score (nSPS) is 21.4. The number of carbonyl (C=O) groups excluding carboxylic acids is 1. The average molecular weight is 329 g/mol. The zero-order chi connectivity index (χ0) is 17.1. The second-order valence-corrected chi connectivity index (χ2v) is 5.79. The van der Waals surface area contributed by atoms with Gasteiger partial charge < -0.3 is 10.0 Å². The maximum Gasteiger partial charge on any atom is 0.406 e. The number of benzene rings is 1. The van der Waals surface area contributed by atoms with Crippen molar-refractivity contribution in [3.63, 3.8) is 0 Å². The van der Waals surface area contributed by atoms with Gasteiger partial charge in [0.15, 0.2) is 5.41 Å². The van der Waals surface area contributed by atoms with Crippen LogP contribution in [0.3, 0.4) is 0 Å². The maximum absolute atomic E-state index is 13.1. The van der Waals surface area contributed by atoms with Crippen LogP contribution in [-0.4, -0.2) is 41.1 Å². The Morgan fingerprint density at radius 1 is 1.22 bits per heavy atom. The van der Waals surface area contributed by atoms with Crippen LogP contribution in [0.2, 0.25) is 0 Å². The average Bonchev–Trinajstić information content (AvgIpc) is 2.94. The molecule has 0 radical (unpaired) electrons. The number of hydrogen-bond donors (Lipinski definition) is 1. The second-order valence-electron chi connectivity index (χ2n) is 5.79. The van der Waals surface area contributed by atoms with E-state index in [1.165, 1.54) is 0 Å². The van der Waals surface area contributed by atoms with E-state index in [2.05, 4.69) is 0 Å². The number of amides is 1. The van der Waals surface area contributed by atoms with Crippen molar-refractivity contribution < 1.29 is 27.9 Å². The van der Waals surface area contributed by atoms with Crippen LogP contribution < -0.4 is 0 Å². The Labute approximate surface area is 131 Å². The van der Waals surface area contributed by atoms with E-state index in [9.17, 15) is 22.8 Å². The summed E-state index contributed by atoms with van der Waals surface area (Å²) in [5, 5.41) is 8.97. The zero-order valence-electron chi connectivity index (χ0n) is 12.5. The van der Waals surface area contributed by atoms with Gasteiger partial charge in [0.25, 0.3) is 0 Å². The van der Waals surface area contributed by atoms with Crippen molar-refractivity contribution in [1.82, 2.24) is 4.90 Å². The van der Waals surface area contributed by atoms with Crippen LogP contribution in [0.15, 0.2) is 30.3 Å². The number of likely N-dealkylation sites (tertiary alicyclic amines) is 1. The quantitative estimate of drug-likeness (QED) is 0.904. The summed E-state index contributed by atoms with van der Waals surface area (Å²) in [5.74, 6) is -2.34. The van der Waals surface area contributed by atoms with Gasteiger partial charge in [-0.05, 0) is 24.8 Å².